The fourth-order valence-corrected chi connectivity index (χ4v) is 3.15. The summed E-state index contributed by atoms with van der Waals surface area (Å²) in [5.41, 5.74) is -0.179. The summed E-state index contributed by atoms with van der Waals surface area (Å²) in [6, 6.07) is 0. The highest BCUT2D eigenvalue weighted by atomic mass is 16.5. The van der Waals surface area contributed by atoms with E-state index in [0.717, 1.165) is 18.9 Å². The van der Waals surface area contributed by atoms with Gasteiger partial charge >= 0.3 is 6.09 Å². The van der Waals surface area contributed by atoms with Crippen LogP contribution >= 0.6 is 0 Å². The van der Waals surface area contributed by atoms with Gasteiger partial charge in [-0.3, -0.25) is 0 Å². The summed E-state index contributed by atoms with van der Waals surface area (Å²) in [6.45, 7) is 9.69. The van der Waals surface area contributed by atoms with Crippen molar-refractivity contribution < 1.29 is 14.3 Å². The van der Waals surface area contributed by atoms with E-state index in [9.17, 15) is 4.79 Å². The Morgan fingerprint density at radius 3 is 2.41 bits per heavy atom. The number of rotatable bonds is 2. The predicted octanol–water partition coefficient (Wildman–Crippen LogP) is 3.48. The molecule has 1 heterocycles. The minimum atomic E-state index is -0.443. The van der Waals surface area contributed by atoms with E-state index in [2.05, 4.69) is 30.7 Å². The summed E-state index contributed by atoms with van der Waals surface area (Å²) in [5.74, 6) is 1.33. The number of nitrogens with zero attached hydrogens (tertiary/aromatic N) is 2. The quantitative estimate of drug-likeness (QED) is 0.579. The number of morpholine rings is 1. The van der Waals surface area contributed by atoms with Gasteiger partial charge in [0.1, 0.15) is 5.84 Å². The van der Waals surface area contributed by atoms with Crippen LogP contribution in [0.2, 0.25) is 0 Å². The molecule has 1 saturated heterocycles. The van der Waals surface area contributed by atoms with Gasteiger partial charge in [0.15, 0.2) is 0 Å². The van der Waals surface area contributed by atoms with Crippen LogP contribution in [0.1, 0.15) is 52.9 Å². The van der Waals surface area contributed by atoms with Gasteiger partial charge in [-0.15, -0.1) is 0 Å². The fraction of sp³-hybridized carbons (Fsp3) is 0.882. The van der Waals surface area contributed by atoms with Crippen molar-refractivity contribution in [2.45, 2.75) is 52.9 Å². The predicted molar refractivity (Wildman–Crippen MR) is 87.2 cm³/mol. The van der Waals surface area contributed by atoms with Gasteiger partial charge in [0, 0.05) is 18.5 Å². The first kappa shape index (κ1) is 17.3. The molecule has 1 saturated carbocycles. The highest BCUT2D eigenvalue weighted by Gasteiger charge is 2.28. The van der Waals surface area contributed by atoms with E-state index >= 15 is 0 Å². The maximum atomic E-state index is 12.1. The lowest BCUT2D eigenvalue weighted by atomic mass is 9.90. The zero-order chi connectivity index (χ0) is 16.0. The second kappa shape index (κ2) is 7.95. The SMILES string of the molecule is CC(C)(C)C(=NC(=O)OCC1CCCCC1)N1CCOCC1. The molecule has 0 atom stereocenters. The van der Waals surface area contributed by atoms with Gasteiger partial charge in [-0.1, -0.05) is 40.0 Å². The minimum Gasteiger partial charge on any atom is -0.448 e. The van der Waals surface area contributed by atoms with Crippen molar-refractivity contribution in [2.75, 3.05) is 32.9 Å². The number of carbonyl (C=O) groups excluding carboxylic acids is 1. The van der Waals surface area contributed by atoms with Crippen LogP contribution in [0.25, 0.3) is 0 Å². The molecular formula is C17H30N2O3. The van der Waals surface area contributed by atoms with Gasteiger partial charge in [0.05, 0.1) is 19.8 Å². The van der Waals surface area contributed by atoms with Gasteiger partial charge in [0.2, 0.25) is 0 Å². The first-order chi connectivity index (χ1) is 10.5. The third kappa shape index (κ3) is 5.27. The zero-order valence-electron chi connectivity index (χ0n) is 14.3. The highest BCUT2D eigenvalue weighted by molar-refractivity contribution is 5.95. The Kier molecular flexibility index (Phi) is 6.24. The second-order valence-corrected chi connectivity index (χ2v) is 7.37. The lowest BCUT2D eigenvalue weighted by Gasteiger charge is -2.35. The lowest BCUT2D eigenvalue weighted by Crippen LogP contribution is -2.46. The molecule has 0 bridgehead atoms. The molecule has 0 N–H and O–H groups in total. The Labute approximate surface area is 134 Å². The van der Waals surface area contributed by atoms with Crippen molar-refractivity contribution in [2.24, 2.45) is 16.3 Å². The Morgan fingerprint density at radius 2 is 1.82 bits per heavy atom. The molecule has 1 aliphatic carbocycles. The Bertz CT molecular complexity index is 389. The molecule has 0 spiro atoms. The molecule has 5 heteroatoms. The van der Waals surface area contributed by atoms with Crippen LogP contribution in [0.15, 0.2) is 4.99 Å². The second-order valence-electron chi connectivity index (χ2n) is 7.37. The number of aliphatic imine (C=N–C) groups is 1. The smallest absolute Gasteiger partial charge is 0.435 e. The molecule has 0 unspecified atom stereocenters. The zero-order valence-corrected chi connectivity index (χ0v) is 14.3. The number of amidine groups is 1. The maximum absolute atomic E-state index is 12.1. The fourth-order valence-electron chi connectivity index (χ4n) is 3.15. The molecular weight excluding hydrogens is 280 g/mol. The largest absolute Gasteiger partial charge is 0.448 e. The molecule has 2 rings (SSSR count). The standard InChI is InChI=1S/C17H30N2O3/c1-17(2,3)15(19-9-11-21-12-10-19)18-16(20)22-13-14-7-5-4-6-8-14/h14H,4-13H2,1-3H3. The van der Waals surface area contributed by atoms with Crippen molar-refractivity contribution in [3.63, 3.8) is 0 Å². The summed E-state index contributed by atoms with van der Waals surface area (Å²) >= 11 is 0. The topological polar surface area (TPSA) is 51.1 Å². The molecule has 1 aliphatic heterocycles. The molecule has 5 nitrogen and oxygen atoms in total. The van der Waals surface area contributed by atoms with Crippen molar-refractivity contribution in [3.8, 4) is 0 Å². The van der Waals surface area contributed by atoms with Crippen LogP contribution < -0.4 is 0 Å². The molecule has 0 aromatic rings. The normalized spacial score (nSPS) is 21.8. The number of amides is 1. The molecule has 126 valence electrons. The molecule has 0 radical (unpaired) electrons. The average molecular weight is 310 g/mol. The number of hydrogen-bond acceptors (Lipinski definition) is 3. The van der Waals surface area contributed by atoms with E-state index in [1.54, 1.807) is 0 Å². The van der Waals surface area contributed by atoms with Crippen molar-refractivity contribution in [1.29, 1.82) is 0 Å². The molecule has 0 aromatic heterocycles. The van der Waals surface area contributed by atoms with E-state index < -0.39 is 6.09 Å². The van der Waals surface area contributed by atoms with Crippen LogP contribution in [0.4, 0.5) is 4.79 Å². The van der Waals surface area contributed by atoms with Gasteiger partial charge in [-0.2, -0.15) is 4.99 Å². The summed E-state index contributed by atoms with van der Waals surface area (Å²) in [4.78, 5) is 18.5. The number of hydrogen-bond donors (Lipinski definition) is 0. The van der Waals surface area contributed by atoms with E-state index in [1.165, 1.54) is 32.1 Å². The molecule has 22 heavy (non-hydrogen) atoms. The van der Waals surface area contributed by atoms with Gasteiger partial charge in [-0.25, -0.2) is 4.79 Å². The van der Waals surface area contributed by atoms with Crippen LogP contribution in [0.3, 0.4) is 0 Å². The summed E-state index contributed by atoms with van der Waals surface area (Å²) in [7, 11) is 0. The van der Waals surface area contributed by atoms with Gasteiger partial charge < -0.3 is 14.4 Å². The van der Waals surface area contributed by atoms with E-state index in [1.807, 2.05) is 0 Å². The van der Waals surface area contributed by atoms with Crippen LogP contribution in [0.5, 0.6) is 0 Å². The number of ether oxygens (including phenoxy) is 2. The summed E-state index contributed by atoms with van der Waals surface area (Å²) in [5, 5.41) is 0. The Morgan fingerprint density at radius 1 is 1.18 bits per heavy atom. The van der Waals surface area contributed by atoms with E-state index in [-0.39, 0.29) is 5.41 Å². The van der Waals surface area contributed by atoms with Crippen molar-refractivity contribution >= 4 is 11.9 Å². The third-order valence-corrected chi connectivity index (χ3v) is 4.35. The molecule has 1 amide bonds. The Balaban J connectivity index is 1.93. The van der Waals surface area contributed by atoms with Gasteiger partial charge in [-0.05, 0) is 18.8 Å². The molecule has 2 fully saturated rings. The van der Waals surface area contributed by atoms with Gasteiger partial charge in [0.25, 0.3) is 0 Å². The van der Waals surface area contributed by atoms with Crippen LogP contribution in [0, 0.1) is 11.3 Å². The molecule has 2 aliphatic rings. The van der Waals surface area contributed by atoms with Crippen molar-refractivity contribution in [1.82, 2.24) is 4.90 Å². The highest BCUT2D eigenvalue weighted by Crippen LogP contribution is 2.24. The first-order valence-electron chi connectivity index (χ1n) is 8.55. The van der Waals surface area contributed by atoms with E-state index in [0.29, 0.717) is 25.7 Å². The minimum absolute atomic E-state index is 0.179. The van der Waals surface area contributed by atoms with Crippen molar-refractivity contribution in [3.05, 3.63) is 0 Å². The number of carbonyl (C=O) groups is 1. The third-order valence-electron chi connectivity index (χ3n) is 4.35. The summed E-state index contributed by atoms with van der Waals surface area (Å²) < 4.78 is 10.8. The maximum Gasteiger partial charge on any atom is 0.435 e. The lowest BCUT2D eigenvalue weighted by molar-refractivity contribution is 0.0640. The Hall–Kier alpha value is -1.10. The monoisotopic (exact) mass is 310 g/mol. The summed E-state index contributed by atoms with van der Waals surface area (Å²) in [6.07, 6.45) is 5.73. The average Bonchev–Trinajstić information content (AvgIpc) is 2.51. The first-order valence-corrected chi connectivity index (χ1v) is 8.55. The van der Waals surface area contributed by atoms with E-state index in [4.69, 9.17) is 9.47 Å². The van der Waals surface area contributed by atoms with Crippen LogP contribution in [-0.2, 0) is 9.47 Å². The van der Waals surface area contributed by atoms with Crippen LogP contribution in [-0.4, -0.2) is 49.7 Å². The molecule has 0 aromatic carbocycles.